The molecule has 212 valence electrons. The molecule has 4 aromatic carbocycles. The van der Waals surface area contributed by atoms with Crippen LogP contribution >= 0.6 is 0 Å². The molecule has 0 aromatic heterocycles. The zero-order valence-electron chi connectivity index (χ0n) is 22.1. The van der Waals surface area contributed by atoms with Crippen LogP contribution in [0, 0.1) is 0 Å². The Morgan fingerprint density at radius 2 is 0.762 bits per heavy atom. The van der Waals surface area contributed by atoms with Gasteiger partial charge in [0.25, 0.3) is 5.79 Å². The number of ketones is 4. The molecule has 0 radical (unpaired) electrons. The summed E-state index contributed by atoms with van der Waals surface area (Å²) < 4.78 is 5.43. The highest BCUT2D eigenvalue weighted by Gasteiger charge is 2.83. The maximum atomic E-state index is 14.3. The predicted octanol–water partition coefficient (Wildman–Crippen LogP) is 2.43. The molecular weight excluding hydrogens is 540 g/mol. The molecule has 9 heteroatoms. The zero-order valence-corrected chi connectivity index (χ0v) is 22.1. The van der Waals surface area contributed by atoms with Crippen LogP contribution < -0.4 is 0 Å². The minimum atomic E-state index is -3.97. The van der Waals surface area contributed by atoms with Crippen LogP contribution in [0.1, 0.15) is 41.4 Å². The minimum absolute atomic E-state index is 0.211. The fraction of sp³-hybridized carbons (Fsp3) is 0.152. The molecule has 1 fully saturated rings. The van der Waals surface area contributed by atoms with Crippen LogP contribution in [0.2, 0.25) is 0 Å². The molecule has 42 heavy (non-hydrogen) atoms. The number of Topliss-reactive ketones (excluding diaryl/α,β-unsaturated/α-hetero) is 4. The summed E-state index contributed by atoms with van der Waals surface area (Å²) in [6.07, 6.45) is 0. The van der Waals surface area contributed by atoms with E-state index in [2.05, 4.69) is 0 Å². The molecule has 1 saturated heterocycles. The maximum absolute atomic E-state index is 14.3. The van der Waals surface area contributed by atoms with Gasteiger partial charge in [-0.3, -0.25) is 19.2 Å². The van der Waals surface area contributed by atoms with Crippen LogP contribution in [0.15, 0.2) is 121 Å². The molecular formula is C33H26O9. The SMILES string of the molecule is O=C(c1ccccc1)C1(O)OC[C@@](O)(C(=O)c2ccccc2)[C@@](O)(C(=O)c2ccccc2)[C@]1(O)C(=O)c1ccccc1. The van der Waals surface area contributed by atoms with Gasteiger partial charge in [0.2, 0.25) is 28.6 Å². The van der Waals surface area contributed by atoms with Gasteiger partial charge in [0.05, 0.1) is 6.61 Å². The van der Waals surface area contributed by atoms with Crippen LogP contribution in [-0.2, 0) is 4.74 Å². The molecule has 1 heterocycles. The molecule has 1 unspecified atom stereocenters. The molecule has 0 amide bonds. The van der Waals surface area contributed by atoms with Gasteiger partial charge in [-0.2, -0.15) is 0 Å². The quantitative estimate of drug-likeness (QED) is 0.235. The van der Waals surface area contributed by atoms with E-state index >= 15 is 0 Å². The Bertz CT molecular complexity index is 1520. The van der Waals surface area contributed by atoms with Crippen molar-refractivity contribution in [3.05, 3.63) is 144 Å². The second-order valence-electron chi connectivity index (χ2n) is 9.99. The zero-order chi connectivity index (χ0) is 30.2. The van der Waals surface area contributed by atoms with Crippen molar-refractivity contribution in [1.29, 1.82) is 0 Å². The van der Waals surface area contributed by atoms with Gasteiger partial charge in [-0.05, 0) is 0 Å². The fourth-order valence-electron chi connectivity index (χ4n) is 5.30. The second-order valence-corrected chi connectivity index (χ2v) is 9.99. The summed E-state index contributed by atoms with van der Waals surface area (Å²) in [5.41, 5.74) is -12.4. The Kier molecular flexibility index (Phi) is 7.32. The van der Waals surface area contributed by atoms with Gasteiger partial charge in [0.15, 0.2) is 11.4 Å². The van der Waals surface area contributed by atoms with Gasteiger partial charge in [-0.15, -0.1) is 0 Å². The van der Waals surface area contributed by atoms with Crippen molar-refractivity contribution in [3.63, 3.8) is 0 Å². The van der Waals surface area contributed by atoms with Gasteiger partial charge >= 0.3 is 0 Å². The van der Waals surface area contributed by atoms with Gasteiger partial charge < -0.3 is 25.2 Å². The van der Waals surface area contributed by atoms with Crippen LogP contribution in [0.5, 0.6) is 0 Å². The van der Waals surface area contributed by atoms with Crippen molar-refractivity contribution in [3.8, 4) is 0 Å². The molecule has 4 aromatic rings. The average molecular weight is 567 g/mol. The summed E-state index contributed by atoms with van der Waals surface area (Å²) in [4.78, 5) is 56.4. The molecule has 4 atom stereocenters. The first-order valence-electron chi connectivity index (χ1n) is 13.0. The van der Waals surface area contributed by atoms with Gasteiger partial charge in [-0.1, -0.05) is 121 Å². The number of carbonyl (C=O) groups is 4. The number of ether oxygens (including phenoxy) is 1. The highest BCUT2D eigenvalue weighted by atomic mass is 16.7. The van der Waals surface area contributed by atoms with E-state index < -0.39 is 52.3 Å². The molecule has 1 aliphatic rings. The predicted molar refractivity (Wildman–Crippen MR) is 149 cm³/mol. The highest BCUT2D eigenvalue weighted by molar-refractivity contribution is 6.21. The third-order valence-corrected chi connectivity index (χ3v) is 7.59. The summed E-state index contributed by atoms with van der Waals surface area (Å²) in [6.45, 7) is -1.35. The van der Waals surface area contributed by atoms with E-state index in [0.717, 1.165) is 0 Å². The van der Waals surface area contributed by atoms with Crippen LogP contribution in [0.25, 0.3) is 0 Å². The smallest absolute Gasteiger partial charge is 0.272 e. The number of carbonyl (C=O) groups excluding carboxylic acids is 4. The number of rotatable bonds is 8. The molecule has 0 spiro atoms. The van der Waals surface area contributed by atoms with Crippen molar-refractivity contribution in [2.75, 3.05) is 6.61 Å². The fourth-order valence-corrected chi connectivity index (χ4v) is 5.30. The lowest BCUT2D eigenvalue weighted by Gasteiger charge is -2.57. The van der Waals surface area contributed by atoms with Crippen molar-refractivity contribution in [2.45, 2.75) is 22.6 Å². The highest BCUT2D eigenvalue weighted by Crippen LogP contribution is 2.51. The van der Waals surface area contributed by atoms with E-state index in [9.17, 15) is 39.6 Å². The summed E-state index contributed by atoms with van der Waals surface area (Å²) in [7, 11) is 0. The normalized spacial score (nSPS) is 27.1. The van der Waals surface area contributed by atoms with E-state index in [1.165, 1.54) is 103 Å². The lowest BCUT2D eigenvalue weighted by atomic mass is 9.57. The van der Waals surface area contributed by atoms with Crippen molar-refractivity contribution < 1.29 is 44.3 Å². The average Bonchev–Trinajstić information content (AvgIpc) is 3.05. The lowest BCUT2D eigenvalue weighted by molar-refractivity contribution is -0.351. The first-order valence-corrected chi connectivity index (χ1v) is 13.0. The van der Waals surface area contributed by atoms with E-state index in [1.54, 1.807) is 18.2 Å². The van der Waals surface area contributed by atoms with Crippen LogP contribution in [-0.4, -0.2) is 72.8 Å². The van der Waals surface area contributed by atoms with Crippen molar-refractivity contribution in [1.82, 2.24) is 0 Å². The molecule has 0 aliphatic carbocycles. The molecule has 1 aliphatic heterocycles. The molecule has 5 rings (SSSR count). The summed E-state index contributed by atoms with van der Waals surface area (Å²) in [5, 5.41) is 49.1. The van der Waals surface area contributed by atoms with E-state index in [-0.39, 0.29) is 22.3 Å². The van der Waals surface area contributed by atoms with Crippen LogP contribution in [0.4, 0.5) is 0 Å². The second kappa shape index (κ2) is 10.6. The largest absolute Gasteiger partial charge is 0.376 e. The molecule has 4 N–H and O–H groups in total. The first-order chi connectivity index (χ1) is 20.0. The Morgan fingerprint density at radius 3 is 1.14 bits per heavy atom. The third kappa shape index (κ3) is 4.06. The number of hydrogen-bond donors (Lipinski definition) is 4. The Hall–Kier alpha value is -4.64. The summed E-state index contributed by atoms with van der Waals surface area (Å²) in [5.74, 6) is -9.43. The monoisotopic (exact) mass is 566 g/mol. The Labute approximate surface area is 240 Å². The van der Waals surface area contributed by atoms with E-state index in [0.29, 0.717) is 0 Å². The minimum Gasteiger partial charge on any atom is -0.376 e. The molecule has 0 bridgehead atoms. The molecule has 0 saturated carbocycles. The van der Waals surface area contributed by atoms with Crippen molar-refractivity contribution in [2.24, 2.45) is 0 Å². The summed E-state index contributed by atoms with van der Waals surface area (Å²) in [6, 6.07) is 27.5. The number of hydrogen-bond acceptors (Lipinski definition) is 9. The van der Waals surface area contributed by atoms with Crippen molar-refractivity contribution >= 4 is 23.1 Å². The standard InChI is InChI=1S/C33H26O9/c34-26(22-13-5-1-6-14-22)30(38)21-42-33(41,29(37)25-19-11-4-12-20-25)32(40,28(36)24-17-9-3-10-18-24)31(30,39)27(35)23-15-7-2-8-16-23/h1-20,38-41H,21H2/t30-,31+,32-,33?/m1/s1. The van der Waals surface area contributed by atoms with Crippen LogP contribution in [0.3, 0.4) is 0 Å². The van der Waals surface area contributed by atoms with E-state index in [1.807, 2.05) is 0 Å². The Morgan fingerprint density at radius 1 is 0.452 bits per heavy atom. The Balaban J connectivity index is 1.85. The summed E-state index contributed by atoms with van der Waals surface area (Å²) >= 11 is 0. The number of aliphatic hydroxyl groups is 4. The number of benzene rings is 4. The first kappa shape index (κ1) is 28.9. The maximum Gasteiger partial charge on any atom is 0.272 e. The molecule has 9 nitrogen and oxygen atoms in total. The van der Waals surface area contributed by atoms with E-state index in [4.69, 9.17) is 4.74 Å². The van der Waals surface area contributed by atoms with Gasteiger partial charge in [0, 0.05) is 22.3 Å². The topological polar surface area (TPSA) is 158 Å². The van der Waals surface area contributed by atoms with Gasteiger partial charge in [0.1, 0.15) is 0 Å². The third-order valence-electron chi connectivity index (χ3n) is 7.59. The lowest BCUT2D eigenvalue weighted by Crippen LogP contribution is -2.89. The van der Waals surface area contributed by atoms with Gasteiger partial charge in [-0.25, -0.2) is 0 Å².